The molecule has 0 spiro atoms. The van der Waals surface area contributed by atoms with E-state index in [9.17, 15) is 9.18 Å². The molecule has 0 saturated carbocycles. The summed E-state index contributed by atoms with van der Waals surface area (Å²) in [5, 5.41) is 11.3. The summed E-state index contributed by atoms with van der Waals surface area (Å²) in [6.07, 6.45) is 0.648. The van der Waals surface area contributed by atoms with Crippen molar-refractivity contribution in [2.75, 3.05) is 0 Å². The molecule has 1 unspecified atom stereocenters. The first kappa shape index (κ1) is 12.7. The first-order valence-corrected chi connectivity index (χ1v) is 6.52. The molecule has 2 N–H and O–H groups in total. The van der Waals surface area contributed by atoms with Crippen LogP contribution in [0.4, 0.5) is 9.18 Å². The van der Waals surface area contributed by atoms with Crippen molar-refractivity contribution in [3.8, 4) is 11.1 Å². The van der Waals surface area contributed by atoms with Gasteiger partial charge in [0.2, 0.25) is 0 Å². The standard InChI is InChI=1S/C16H14FNO2/c17-13-5-1-10(2-6-13)11-3-7-14-12(9-11)4-8-15(14)18-16(19)20/h1-3,5-7,9,15,18H,4,8H2,(H,19,20). The normalized spacial score (nSPS) is 16.8. The number of aryl methyl sites for hydroxylation is 1. The minimum Gasteiger partial charge on any atom is -0.465 e. The van der Waals surface area contributed by atoms with Crippen LogP contribution in [0.2, 0.25) is 0 Å². The Labute approximate surface area is 116 Å². The molecule has 2 aromatic rings. The minimum absolute atomic E-state index is 0.121. The van der Waals surface area contributed by atoms with Crippen LogP contribution in [0.1, 0.15) is 23.6 Å². The zero-order chi connectivity index (χ0) is 14.1. The summed E-state index contributed by atoms with van der Waals surface area (Å²) >= 11 is 0. The maximum Gasteiger partial charge on any atom is 0.405 e. The number of hydrogen-bond donors (Lipinski definition) is 2. The average molecular weight is 271 g/mol. The summed E-state index contributed by atoms with van der Waals surface area (Å²) in [6, 6.07) is 12.2. The number of halogens is 1. The van der Waals surface area contributed by atoms with Crippen LogP contribution >= 0.6 is 0 Å². The number of nitrogens with one attached hydrogen (secondary N) is 1. The van der Waals surface area contributed by atoms with Crippen molar-refractivity contribution in [2.24, 2.45) is 0 Å². The quantitative estimate of drug-likeness (QED) is 0.874. The minimum atomic E-state index is -0.995. The van der Waals surface area contributed by atoms with E-state index in [0.717, 1.165) is 35.1 Å². The molecule has 1 aliphatic carbocycles. The van der Waals surface area contributed by atoms with E-state index in [0.29, 0.717) is 0 Å². The second-order valence-corrected chi connectivity index (χ2v) is 4.96. The van der Waals surface area contributed by atoms with Crippen LogP contribution in [0.15, 0.2) is 42.5 Å². The third-order valence-corrected chi connectivity index (χ3v) is 3.70. The Bertz CT molecular complexity index is 652. The molecular formula is C16H14FNO2. The van der Waals surface area contributed by atoms with Crippen LogP contribution in [-0.2, 0) is 6.42 Å². The smallest absolute Gasteiger partial charge is 0.405 e. The Balaban J connectivity index is 1.91. The van der Waals surface area contributed by atoms with Gasteiger partial charge >= 0.3 is 6.09 Å². The van der Waals surface area contributed by atoms with E-state index >= 15 is 0 Å². The highest BCUT2D eigenvalue weighted by molar-refractivity contribution is 5.68. The summed E-state index contributed by atoms with van der Waals surface area (Å²) < 4.78 is 12.9. The number of fused-ring (bicyclic) bond motifs is 1. The van der Waals surface area contributed by atoms with E-state index in [2.05, 4.69) is 11.4 Å². The van der Waals surface area contributed by atoms with E-state index in [1.54, 1.807) is 12.1 Å². The second-order valence-electron chi connectivity index (χ2n) is 4.96. The maximum absolute atomic E-state index is 12.9. The van der Waals surface area contributed by atoms with Gasteiger partial charge in [-0.1, -0.05) is 30.3 Å². The fourth-order valence-electron chi connectivity index (χ4n) is 2.74. The molecule has 1 aliphatic rings. The highest BCUT2D eigenvalue weighted by Gasteiger charge is 2.23. The summed E-state index contributed by atoms with van der Waals surface area (Å²) in [6.45, 7) is 0. The summed E-state index contributed by atoms with van der Waals surface area (Å²) in [5.74, 6) is -0.249. The Hall–Kier alpha value is -2.36. The molecule has 0 heterocycles. The third-order valence-electron chi connectivity index (χ3n) is 3.70. The predicted molar refractivity (Wildman–Crippen MR) is 74.1 cm³/mol. The molecule has 3 nitrogen and oxygen atoms in total. The highest BCUT2D eigenvalue weighted by atomic mass is 19.1. The Morgan fingerprint density at radius 1 is 1.15 bits per heavy atom. The Kier molecular flexibility index (Phi) is 3.14. The Morgan fingerprint density at radius 3 is 2.55 bits per heavy atom. The van der Waals surface area contributed by atoms with Crippen molar-refractivity contribution >= 4 is 6.09 Å². The van der Waals surface area contributed by atoms with Gasteiger partial charge in [0, 0.05) is 0 Å². The van der Waals surface area contributed by atoms with Crippen molar-refractivity contribution in [1.29, 1.82) is 0 Å². The van der Waals surface area contributed by atoms with Crippen molar-refractivity contribution < 1.29 is 14.3 Å². The molecule has 0 radical (unpaired) electrons. The van der Waals surface area contributed by atoms with Crippen LogP contribution in [0, 0.1) is 5.82 Å². The van der Waals surface area contributed by atoms with Gasteiger partial charge < -0.3 is 10.4 Å². The van der Waals surface area contributed by atoms with Gasteiger partial charge in [-0.05, 0) is 47.2 Å². The molecule has 0 fully saturated rings. The lowest BCUT2D eigenvalue weighted by atomic mass is 10.00. The summed E-state index contributed by atoms with van der Waals surface area (Å²) in [7, 11) is 0. The van der Waals surface area contributed by atoms with E-state index < -0.39 is 6.09 Å². The van der Waals surface area contributed by atoms with Crippen molar-refractivity contribution in [3.63, 3.8) is 0 Å². The molecule has 1 amide bonds. The number of rotatable bonds is 2. The van der Waals surface area contributed by atoms with Gasteiger partial charge in [0.1, 0.15) is 5.82 Å². The van der Waals surface area contributed by atoms with E-state index in [4.69, 9.17) is 5.11 Å². The first-order valence-electron chi connectivity index (χ1n) is 6.52. The van der Waals surface area contributed by atoms with Crippen LogP contribution < -0.4 is 5.32 Å². The molecule has 0 saturated heterocycles. The van der Waals surface area contributed by atoms with Crippen LogP contribution in [0.25, 0.3) is 11.1 Å². The monoisotopic (exact) mass is 271 g/mol. The lowest BCUT2D eigenvalue weighted by Crippen LogP contribution is -2.24. The molecule has 2 aromatic carbocycles. The van der Waals surface area contributed by atoms with Gasteiger partial charge in [-0.25, -0.2) is 9.18 Å². The number of hydrogen-bond acceptors (Lipinski definition) is 1. The van der Waals surface area contributed by atoms with Crippen LogP contribution in [0.3, 0.4) is 0 Å². The fraction of sp³-hybridized carbons (Fsp3) is 0.188. The predicted octanol–water partition coefficient (Wildman–Crippen LogP) is 3.75. The molecule has 20 heavy (non-hydrogen) atoms. The molecule has 0 bridgehead atoms. The van der Waals surface area contributed by atoms with Crippen LogP contribution in [0.5, 0.6) is 0 Å². The summed E-state index contributed by atoms with van der Waals surface area (Å²) in [5.41, 5.74) is 4.19. The molecular weight excluding hydrogens is 257 g/mol. The summed E-state index contributed by atoms with van der Waals surface area (Å²) in [4.78, 5) is 10.7. The molecule has 4 heteroatoms. The van der Waals surface area contributed by atoms with Crippen molar-refractivity contribution in [1.82, 2.24) is 5.32 Å². The average Bonchev–Trinajstić information content (AvgIpc) is 2.81. The molecule has 0 aliphatic heterocycles. The molecule has 0 aromatic heterocycles. The van der Waals surface area contributed by atoms with Gasteiger partial charge in [0.25, 0.3) is 0 Å². The highest BCUT2D eigenvalue weighted by Crippen LogP contribution is 2.34. The maximum atomic E-state index is 12.9. The van der Waals surface area contributed by atoms with E-state index in [1.807, 2.05) is 12.1 Å². The second kappa shape index (κ2) is 4.96. The van der Waals surface area contributed by atoms with Gasteiger partial charge in [-0.2, -0.15) is 0 Å². The number of carbonyl (C=O) groups is 1. The lowest BCUT2D eigenvalue weighted by molar-refractivity contribution is 0.190. The molecule has 1 atom stereocenters. The first-order chi connectivity index (χ1) is 9.63. The van der Waals surface area contributed by atoms with Crippen LogP contribution in [-0.4, -0.2) is 11.2 Å². The zero-order valence-corrected chi connectivity index (χ0v) is 10.8. The van der Waals surface area contributed by atoms with Gasteiger partial charge in [0.15, 0.2) is 0 Å². The number of amides is 1. The topological polar surface area (TPSA) is 49.3 Å². The Morgan fingerprint density at radius 2 is 1.85 bits per heavy atom. The van der Waals surface area contributed by atoms with Gasteiger partial charge in [0.05, 0.1) is 6.04 Å². The third kappa shape index (κ3) is 2.37. The van der Waals surface area contributed by atoms with E-state index in [1.165, 1.54) is 12.1 Å². The molecule has 102 valence electrons. The van der Waals surface area contributed by atoms with Crippen molar-refractivity contribution in [2.45, 2.75) is 18.9 Å². The van der Waals surface area contributed by atoms with Gasteiger partial charge in [-0.15, -0.1) is 0 Å². The fourth-order valence-corrected chi connectivity index (χ4v) is 2.74. The lowest BCUT2D eigenvalue weighted by Gasteiger charge is -2.12. The van der Waals surface area contributed by atoms with E-state index in [-0.39, 0.29) is 11.9 Å². The SMILES string of the molecule is O=C(O)NC1CCc2cc(-c3ccc(F)cc3)ccc21. The van der Waals surface area contributed by atoms with Crippen molar-refractivity contribution in [3.05, 3.63) is 59.4 Å². The number of benzene rings is 2. The molecule has 3 rings (SSSR count). The number of carboxylic acid groups (broad SMARTS) is 1. The zero-order valence-electron chi connectivity index (χ0n) is 10.8. The largest absolute Gasteiger partial charge is 0.465 e. The van der Waals surface area contributed by atoms with Gasteiger partial charge in [-0.3, -0.25) is 0 Å².